The highest BCUT2D eigenvalue weighted by Gasteiger charge is 2.29. The summed E-state index contributed by atoms with van der Waals surface area (Å²) >= 11 is 0. The van der Waals surface area contributed by atoms with Gasteiger partial charge in [-0.25, -0.2) is 0 Å². The summed E-state index contributed by atoms with van der Waals surface area (Å²) in [5, 5.41) is 3.90. The second kappa shape index (κ2) is 7.91. The van der Waals surface area contributed by atoms with Crippen molar-refractivity contribution in [2.45, 2.75) is 19.8 Å². The van der Waals surface area contributed by atoms with E-state index in [1.807, 2.05) is 30.3 Å². The van der Waals surface area contributed by atoms with Crippen LogP contribution in [0.4, 0.5) is 5.69 Å². The Kier molecular flexibility index (Phi) is 5.16. The first kappa shape index (κ1) is 18.9. The van der Waals surface area contributed by atoms with Gasteiger partial charge in [-0.3, -0.25) is 14.4 Å². The van der Waals surface area contributed by atoms with Crippen LogP contribution in [-0.2, 0) is 4.79 Å². The minimum atomic E-state index is -0.260. The van der Waals surface area contributed by atoms with Crippen LogP contribution >= 0.6 is 0 Å². The predicted octanol–water partition coefficient (Wildman–Crippen LogP) is 3.86. The van der Waals surface area contributed by atoms with Crippen molar-refractivity contribution in [2.75, 3.05) is 18.4 Å². The molecule has 0 saturated carbocycles. The number of ketones is 1. The first-order valence-corrected chi connectivity index (χ1v) is 9.80. The van der Waals surface area contributed by atoms with Gasteiger partial charge in [-0.1, -0.05) is 18.2 Å². The van der Waals surface area contributed by atoms with Crippen LogP contribution in [0, 0.1) is 5.92 Å². The summed E-state index contributed by atoms with van der Waals surface area (Å²) < 4.78 is 0. The molecule has 3 aromatic rings. The molecule has 1 aromatic heterocycles. The minimum Gasteiger partial charge on any atom is -0.351 e. The van der Waals surface area contributed by atoms with E-state index in [0.29, 0.717) is 30.0 Å². The molecule has 29 heavy (non-hydrogen) atoms. The van der Waals surface area contributed by atoms with Crippen molar-refractivity contribution in [3.63, 3.8) is 0 Å². The number of para-hydroxylation sites is 1. The summed E-state index contributed by atoms with van der Waals surface area (Å²) in [6, 6.07) is 16.5. The quantitative estimate of drug-likeness (QED) is 0.665. The highest BCUT2D eigenvalue weighted by atomic mass is 16.2. The molecular weight excluding hydrogens is 366 g/mol. The lowest BCUT2D eigenvalue weighted by Gasteiger charge is -2.31. The number of anilines is 1. The maximum atomic E-state index is 12.9. The Hall–Kier alpha value is -3.41. The van der Waals surface area contributed by atoms with Gasteiger partial charge in [-0.05, 0) is 56.2 Å². The number of fused-ring (bicyclic) bond motifs is 1. The third-order valence-corrected chi connectivity index (χ3v) is 5.40. The topological polar surface area (TPSA) is 82.3 Å². The molecule has 0 radical (unpaired) electrons. The smallest absolute Gasteiger partial charge is 0.270 e. The molecule has 1 fully saturated rings. The fourth-order valence-electron chi connectivity index (χ4n) is 3.77. The summed E-state index contributed by atoms with van der Waals surface area (Å²) in [4.78, 5) is 41.9. The van der Waals surface area contributed by atoms with E-state index < -0.39 is 0 Å². The van der Waals surface area contributed by atoms with Gasteiger partial charge in [0, 0.05) is 35.2 Å². The number of carbonyl (C=O) groups excluding carboxylic acids is 3. The molecule has 1 saturated heterocycles. The van der Waals surface area contributed by atoms with Crippen molar-refractivity contribution in [1.82, 2.24) is 9.88 Å². The van der Waals surface area contributed by atoms with Gasteiger partial charge in [-0.2, -0.15) is 0 Å². The molecule has 1 atom stereocenters. The number of likely N-dealkylation sites (tertiary alicyclic amines) is 1. The van der Waals surface area contributed by atoms with Crippen LogP contribution in [0.15, 0.2) is 54.6 Å². The van der Waals surface area contributed by atoms with Crippen molar-refractivity contribution in [1.29, 1.82) is 0 Å². The third-order valence-electron chi connectivity index (χ3n) is 5.40. The molecule has 2 aromatic carbocycles. The van der Waals surface area contributed by atoms with E-state index in [-0.39, 0.29) is 23.5 Å². The molecule has 6 nitrogen and oxygen atoms in total. The van der Waals surface area contributed by atoms with Gasteiger partial charge in [0.2, 0.25) is 5.91 Å². The first-order valence-electron chi connectivity index (χ1n) is 9.80. The number of benzene rings is 2. The number of carbonyl (C=O) groups is 3. The van der Waals surface area contributed by atoms with Crippen molar-refractivity contribution in [2.24, 2.45) is 5.92 Å². The van der Waals surface area contributed by atoms with Crippen LogP contribution in [-0.4, -0.2) is 40.6 Å². The number of piperidine rings is 1. The molecular formula is C23H23N3O3. The lowest BCUT2D eigenvalue weighted by molar-refractivity contribution is -0.121. The molecule has 0 aliphatic carbocycles. The molecule has 1 unspecified atom stereocenters. The summed E-state index contributed by atoms with van der Waals surface area (Å²) in [6.45, 7) is 2.55. The monoisotopic (exact) mass is 389 g/mol. The molecule has 6 heteroatoms. The van der Waals surface area contributed by atoms with Gasteiger partial charge >= 0.3 is 0 Å². The molecule has 4 rings (SSSR count). The van der Waals surface area contributed by atoms with Gasteiger partial charge in [0.1, 0.15) is 5.69 Å². The predicted molar refractivity (Wildman–Crippen MR) is 112 cm³/mol. The zero-order chi connectivity index (χ0) is 20.4. The average Bonchev–Trinajstić information content (AvgIpc) is 3.18. The van der Waals surface area contributed by atoms with E-state index >= 15 is 0 Å². The number of nitrogens with one attached hydrogen (secondary N) is 2. The van der Waals surface area contributed by atoms with Gasteiger partial charge in [0.15, 0.2) is 5.78 Å². The van der Waals surface area contributed by atoms with Crippen LogP contribution in [0.1, 0.15) is 40.6 Å². The second-order valence-corrected chi connectivity index (χ2v) is 7.48. The highest BCUT2D eigenvalue weighted by molar-refractivity contribution is 5.99. The number of hydrogen-bond donors (Lipinski definition) is 2. The molecule has 0 bridgehead atoms. The number of nitrogens with zero attached hydrogens (tertiary/aromatic N) is 1. The summed E-state index contributed by atoms with van der Waals surface area (Å²) in [6.07, 6.45) is 1.53. The van der Waals surface area contributed by atoms with Crippen molar-refractivity contribution in [3.05, 3.63) is 65.9 Å². The molecule has 0 spiro atoms. The standard InChI is InChI=1S/C23H23N3O3/c1-15(27)16-8-10-19(11-9-16)24-22(28)18-6-4-12-26(14-18)23(29)21-13-17-5-2-3-7-20(17)25-21/h2-3,5,7-11,13,18,25H,4,6,12,14H2,1H3,(H,24,28). The lowest BCUT2D eigenvalue weighted by atomic mass is 9.96. The number of aromatic nitrogens is 1. The van der Waals surface area contributed by atoms with E-state index in [9.17, 15) is 14.4 Å². The number of Topliss-reactive ketones (excluding diaryl/α,β-unsaturated/α-hetero) is 1. The zero-order valence-corrected chi connectivity index (χ0v) is 16.3. The Morgan fingerprint density at radius 1 is 1.07 bits per heavy atom. The number of amides is 2. The van der Waals surface area contributed by atoms with Crippen LogP contribution in [0.5, 0.6) is 0 Å². The Bertz CT molecular complexity index is 1040. The molecule has 2 heterocycles. The zero-order valence-electron chi connectivity index (χ0n) is 16.3. The van der Waals surface area contributed by atoms with Crippen molar-refractivity contribution >= 4 is 34.2 Å². The van der Waals surface area contributed by atoms with Crippen LogP contribution in [0.2, 0.25) is 0 Å². The van der Waals surface area contributed by atoms with Crippen molar-refractivity contribution < 1.29 is 14.4 Å². The van der Waals surface area contributed by atoms with E-state index in [4.69, 9.17) is 0 Å². The number of rotatable bonds is 4. The maximum Gasteiger partial charge on any atom is 0.270 e. The first-order chi connectivity index (χ1) is 14.0. The van der Waals surface area contributed by atoms with Crippen LogP contribution in [0.25, 0.3) is 10.9 Å². The Balaban J connectivity index is 1.42. The summed E-state index contributed by atoms with van der Waals surface area (Å²) in [5.41, 5.74) is 2.73. The molecule has 1 aliphatic rings. The van der Waals surface area contributed by atoms with Crippen molar-refractivity contribution in [3.8, 4) is 0 Å². The fraction of sp³-hybridized carbons (Fsp3) is 0.261. The molecule has 1 aliphatic heterocycles. The fourth-order valence-corrected chi connectivity index (χ4v) is 3.77. The molecule has 148 valence electrons. The highest BCUT2D eigenvalue weighted by Crippen LogP contribution is 2.22. The largest absolute Gasteiger partial charge is 0.351 e. The SMILES string of the molecule is CC(=O)c1ccc(NC(=O)C2CCCN(C(=O)c3cc4ccccc4[nH]3)C2)cc1. The number of aromatic amines is 1. The van der Waals surface area contributed by atoms with Gasteiger partial charge in [0.05, 0.1) is 5.92 Å². The Morgan fingerprint density at radius 2 is 1.83 bits per heavy atom. The van der Waals surface area contributed by atoms with E-state index in [1.54, 1.807) is 29.2 Å². The van der Waals surface area contributed by atoms with Gasteiger partial charge in [-0.15, -0.1) is 0 Å². The number of hydrogen-bond acceptors (Lipinski definition) is 3. The Morgan fingerprint density at radius 3 is 2.55 bits per heavy atom. The maximum absolute atomic E-state index is 12.9. The van der Waals surface area contributed by atoms with E-state index in [1.165, 1.54) is 6.92 Å². The average molecular weight is 389 g/mol. The molecule has 2 amide bonds. The van der Waals surface area contributed by atoms with Crippen LogP contribution < -0.4 is 5.32 Å². The van der Waals surface area contributed by atoms with E-state index in [2.05, 4.69) is 10.3 Å². The normalized spacial score (nSPS) is 16.6. The molecule has 2 N–H and O–H groups in total. The minimum absolute atomic E-state index is 0.0127. The van der Waals surface area contributed by atoms with Gasteiger partial charge in [0.25, 0.3) is 5.91 Å². The Labute approximate surface area is 168 Å². The number of H-pyrrole nitrogens is 1. The van der Waals surface area contributed by atoms with Gasteiger partial charge < -0.3 is 15.2 Å². The third kappa shape index (κ3) is 4.06. The van der Waals surface area contributed by atoms with Crippen LogP contribution in [0.3, 0.4) is 0 Å². The summed E-state index contributed by atoms with van der Waals surface area (Å²) in [5.74, 6) is -0.454. The lowest BCUT2D eigenvalue weighted by Crippen LogP contribution is -2.43. The second-order valence-electron chi connectivity index (χ2n) is 7.48. The van der Waals surface area contributed by atoms with E-state index in [0.717, 1.165) is 23.7 Å². The summed E-state index contributed by atoms with van der Waals surface area (Å²) in [7, 11) is 0.